The van der Waals surface area contributed by atoms with Crippen LogP contribution in [0.25, 0.3) is 0 Å². The number of fused-ring (bicyclic) bond motifs is 2. The summed E-state index contributed by atoms with van der Waals surface area (Å²) in [4.78, 5) is 13.8. The summed E-state index contributed by atoms with van der Waals surface area (Å²) in [5, 5.41) is 3.36. The highest BCUT2D eigenvalue weighted by Gasteiger charge is 2.34. The van der Waals surface area contributed by atoms with Gasteiger partial charge in [-0.25, -0.2) is 4.39 Å². The molecule has 0 aliphatic carbocycles. The average molecular weight is 238 g/mol. The van der Waals surface area contributed by atoms with Gasteiger partial charge in [0.2, 0.25) is 5.76 Å². The summed E-state index contributed by atoms with van der Waals surface area (Å²) in [6, 6.07) is 1.18. The lowest BCUT2D eigenvalue weighted by atomic mass is 9.86. The van der Waals surface area contributed by atoms with Crippen molar-refractivity contribution in [1.82, 2.24) is 10.2 Å². The van der Waals surface area contributed by atoms with Crippen LogP contribution < -0.4 is 5.32 Å². The first kappa shape index (κ1) is 10.8. The lowest BCUT2D eigenvalue weighted by Crippen LogP contribution is -2.52. The van der Waals surface area contributed by atoms with Crippen LogP contribution in [0, 0.1) is 17.7 Å². The first-order valence-corrected chi connectivity index (χ1v) is 5.97. The number of halogens is 1. The Morgan fingerprint density at radius 2 is 2.12 bits per heavy atom. The van der Waals surface area contributed by atoms with Gasteiger partial charge in [-0.2, -0.15) is 0 Å². The number of hydrogen-bond acceptors (Lipinski definition) is 3. The molecule has 2 atom stereocenters. The van der Waals surface area contributed by atoms with Crippen molar-refractivity contribution >= 4 is 5.91 Å². The molecule has 1 amide bonds. The minimum absolute atomic E-state index is 0.155. The second-order valence-corrected chi connectivity index (χ2v) is 4.93. The second kappa shape index (κ2) is 4.14. The van der Waals surface area contributed by atoms with Crippen LogP contribution >= 0.6 is 0 Å². The maximum Gasteiger partial charge on any atom is 0.292 e. The van der Waals surface area contributed by atoms with Crippen LogP contribution in [0.5, 0.6) is 0 Å². The van der Waals surface area contributed by atoms with Crippen LogP contribution in [0.4, 0.5) is 4.39 Å². The zero-order valence-electron chi connectivity index (χ0n) is 9.49. The smallest absolute Gasteiger partial charge is 0.292 e. The van der Waals surface area contributed by atoms with Gasteiger partial charge in [-0.15, -0.1) is 0 Å². The van der Waals surface area contributed by atoms with Crippen molar-refractivity contribution in [2.75, 3.05) is 26.2 Å². The summed E-state index contributed by atoms with van der Waals surface area (Å²) in [6.07, 6.45) is 2.38. The van der Waals surface area contributed by atoms with Crippen molar-refractivity contribution in [3.05, 3.63) is 23.9 Å². The minimum atomic E-state index is -0.566. The topological polar surface area (TPSA) is 45.5 Å². The number of nitrogens with one attached hydrogen (secondary N) is 1. The Morgan fingerprint density at radius 3 is 2.71 bits per heavy atom. The number of likely N-dealkylation sites (tertiary alicyclic amines) is 1. The summed E-state index contributed by atoms with van der Waals surface area (Å²) < 4.78 is 18.2. The Bertz CT molecular complexity index is 420. The van der Waals surface area contributed by atoms with Crippen molar-refractivity contribution in [3.63, 3.8) is 0 Å². The number of rotatable bonds is 1. The maximum atomic E-state index is 13.3. The summed E-state index contributed by atoms with van der Waals surface area (Å²) in [6.45, 7) is 3.28. The number of piperidine rings is 2. The quantitative estimate of drug-likeness (QED) is 0.797. The van der Waals surface area contributed by atoms with E-state index >= 15 is 0 Å². The Hall–Kier alpha value is -1.36. The fourth-order valence-electron chi connectivity index (χ4n) is 2.86. The highest BCUT2D eigenvalue weighted by molar-refractivity contribution is 5.91. The summed E-state index contributed by atoms with van der Waals surface area (Å²) in [5.74, 6) is -0.0557. The molecule has 2 bridgehead atoms. The van der Waals surface area contributed by atoms with E-state index in [1.807, 2.05) is 0 Å². The zero-order chi connectivity index (χ0) is 11.8. The predicted molar refractivity (Wildman–Crippen MR) is 59.0 cm³/mol. The summed E-state index contributed by atoms with van der Waals surface area (Å²) in [5.41, 5.74) is 0. The van der Waals surface area contributed by atoms with E-state index in [0.717, 1.165) is 19.5 Å². The highest BCUT2D eigenvalue weighted by atomic mass is 19.1. The first-order chi connectivity index (χ1) is 8.24. The molecule has 1 N–H and O–H groups in total. The molecule has 2 aliphatic heterocycles. The van der Waals surface area contributed by atoms with Crippen molar-refractivity contribution in [3.8, 4) is 0 Å². The van der Waals surface area contributed by atoms with Crippen LogP contribution in [-0.2, 0) is 0 Å². The molecular formula is C12H15FN2O2. The number of nitrogens with zero attached hydrogens (tertiary/aromatic N) is 1. The number of furan rings is 1. The van der Waals surface area contributed by atoms with Gasteiger partial charge in [0.1, 0.15) is 0 Å². The van der Waals surface area contributed by atoms with Crippen molar-refractivity contribution in [2.45, 2.75) is 6.42 Å². The molecule has 92 valence electrons. The van der Waals surface area contributed by atoms with Gasteiger partial charge in [0.15, 0.2) is 5.82 Å². The SMILES string of the molecule is O=C(c1occc1F)N1CC2CNCC(C2)C1. The number of amides is 1. The van der Waals surface area contributed by atoms with E-state index in [-0.39, 0.29) is 11.7 Å². The van der Waals surface area contributed by atoms with Gasteiger partial charge in [0.05, 0.1) is 6.26 Å². The number of carbonyl (C=O) groups excluding carboxylic acids is 1. The molecule has 0 spiro atoms. The van der Waals surface area contributed by atoms with E-state index in [4.69, 9.17) is 4.42 Å². The van der Waals surface area contributed by atoms with E-state index < -0.39 is 5.82 Å². The monoisotopic (exact) mass is 238 g/mol. The Morgan fingerprint density at radius 1 is 1.41 bits per heavy atom. The van der Waals surface area contributed by atoms with Gasteiger partial charge >= 0.3 is 0 Å². The summed E-state index contributed by atoms with van der Waals surface area (Å²) in [7, 11) is 0. The van der Waals surface area contributed by atoms with Gasteiger partial charge in [-0.3, -0.25) is 4.79 Å². The fraction of sp³-hybridized carbons (Fsp3) is 0.583. The highest BCUT2D eigenvalue weighted by Crippen LogP contribution is 2.26. The molecule has 17 heavy (non-hydrogen) atoms. The molecule has 0 saturated carbocycles. The van der Waals surface area contributed by atoms with Crippen LogP contribution in [-0.4, -0.2) is 37.0 Å². The standard InChI is InChI=1S/C12H15FN2O2/c13-10-1-2-17-11(10)12(16)15-6-8-3-9(7-15)5-14-4-8/h1-2,8-9,14H,3-7H2. The van der Waals surface area contributed by atoms with Gasteiger partial charge in [-0.05, 0) is 31.3 Å². The van der Waals surface area contributed by atoms with Crippen molar-refractivity contribution < 1.29 is 13.6 Å². The number of hydrogen-bond donors (Lipinski definition) is 1. The molecule has 2 unspecified atom stereocenters. The third kappa shape index (κ3) is 1.95. The van der Waals surface area contributed by atoms with Crippen LogP contribution in [0.2, 0.25) is 0 Å². The van der Waals surface area contributed by atoms with E-state index in [1.54, 1.807) is 4.90 Å². The minimum Gasteiger partial charge on any atom is -0.456 e. The molecule has 3 rings (SSSR count). The van der Waals surface area contributed by atoms with E-state index in [0.29, 0.717) is 24.9 Å². The molecule has 4 nitrogen and oxygen atoms in total. The van der Waals surface area contributed by atoms with Crippen molar-refractivity contribution in [1.29, 1.82) is 0 Å². The normalized spacial score (nSPS) is 28.2. The molecular weight excluding hydrogens is 223 g/mol. The lowest BCUT2D eigenvalue weighted by molar-refractivity contribution is 0.0502. The Balaban J connectivity index is 1.76. The molecule has 0 radical (unpaired) electrons. The molecule has 1 aromatic heterocycles. The largest absolute Gasteiger partial charge is 0.456 e. The Kier molecular flexibility index (Phi) is 2.63. The van der Waals surface area contributed by atoms with Gasteiger partial charge in [0.25, 0.3) is 5.91 Å². The number of carbonyl (C=O) groups is 1. The van der Waals surface area contributed by atoms with Gasteiger partial charge in [-0.1, -0.05) is 0 Å². The van der Waals surface area contributed by atoms with Crippen molar-refractivity contribution in [2.24, 2.45) is 11.8 Å². The van der Waals surface area contributed by atoms with Gasteiger partial charge < -0.3 is 14.6 Å². The molecule has 0 aromatic carbocycles. The predicted octanol–water partition coefficient (Wildman–Crippen LogP) is 1.10. The van der Waals surface area contributed by atoms with Crippen LogP contribution in [0.3, 0.4) is 0 Å². The maximum absolute atomic E-state index is 13.3. The molecule has 2 aliphatic rings. The van der Waals surface area contributed by atoms with E-state index in [9.17, 15) is 9.18 Å². The zero-order valence-corrected chi connectivity index (χ0v) is 9.49. The molecule has 5 heteroatoms. The molecule has 2 fully saturated rings. The fourth-order valence-corrected chi connectivity index (χ4v) is 2.86. The third-order valence-corrected chi connectivity index (χ3v) is 3.59. The van der Waals surface area contributed by atoms with Crippen LogP contribution in [0.15, 0.2) is 16.7 Å². The Labute approximate surface area is 98.8 Å². The molecule has 2 saturated heterocycles. The lowest BCUT2D eigenvalue weighted by Gasteiger charge is -2.41. The molecule has 1 aromatic rings. The average Bonchev–Trinajstić information content (AvgIpc) is 2.74. The van der Waals surface area contributed by atoms with Gasteiger partial charge in [0, 0.05) is 19.2 Å². The second-order valence-electron chi connectivity index (χ2n) is 4.93. The van der Waals surface area contributed by atoms with Crippen LogP contribution in [0.1, 0.15) is 17.0 Å². The molecule has 3 heterocycles. The third-order valence-electron chi connectivity index (χ3n) is 3.59. The summed E-state index contributed by atoms with van der Waals surface area (Å²) >= 11 is 0. The van der Waals surface area contributed by atoms with E-state index in [1.165, 1.54) is 12.3 Å². The van der Waals surface area contributed by atoms with E-state index in [2.05, 4.69) is 5.32 Å². The first-order valence-electron chi connectivity index (χ1n) is 5.97.